The number of nitrogens with one attached hydrogen (secondary N) is 4. The third-order valence-electron chi connectivity index (χ3n) is 11.5. The van der Waals surface area contributed by atoms with E-state index < -0.39 is 24.3 Å². The lowest BCUT2D eigenvalue weighted by molar-refractivity contribution is -0.136. The lowest BCUT2D eigenvalue weighted by Gasteiger charge is -2.29. The number of H-pyrrole nitrogens is 2. The molecule has 2 fully saturated rings. The summed E-state index contributed by atoms with van der Waals surface area (Å²) in [5.41, 5.74) is 5.64. The Labute approximate surface area is 356 Å². The van der Waals surface area contributed by atoms with Crippen LogP contribution >= 0.6 is 22.7 Å². The van der Waals surface area contributed by atoms with Crippen LogP contribution < -0.4 is 10.6 Å². The highest BCUT2D eigenvalue weighted by Gasteiger charge is 2.39. The molecule has 2 saturated heterocycles. The van der Waals surface area contributed by atoms with Gasteiger partial charge in [0.05, 0.1) is 48.4 Å². The van der Waals surface area contributed by atoms with Gasteiger partial charge in [-0.25, -0.2) is 19.6 Å². The van der Waals surface area contributed by atoms with E-state index in [2.05, 4.69) is 69.1 Å². The maximum absolute atomic E-state index is 13.7. The Morgan fingerprint density at radius 2 is 1.03 bits per heavy atom. The van der Waals surface area contributed by atoms with E-state index in [1.54, 1.807) is 22.7 Å². The van der Waals surface area contributed by atoms with Crippen LogP contribution in [-0.2, 0) is 19.1 Å². The molecule has 60 heavy (non-hydrogen) atoms. The first-order valence-electron chi connectivity index (χ1n) is 20.4. The van der Waals surface area contributed by atoms with Gasteiger partial charge < -0.3 is 39.9 Å². The molecule has 14 nitrogen and oxygen atoms in total. The molecule has 2 aromatic carbocycles. The number of hydrogen-bond acceptors (Lipinski definition) is 10. The molecule has 0 spiro atoms. The van der Waals surface area contributed by atoms with E-state index in [4.69, 9.17) is 19.4 Å². The second-order valence-electron chi connectivity index (χ2n) is 16.1. The van der Waals surface area contributed by atoms with Crippen molar-refractivity contribution in [1.82, 2.24) is 40.4 Å². The summed E-state index contributed by atoms with van der Waals surface area (Å²) in [5, 5.41) is 5.43. The van der Waals surface area contributed by atoms with Gasteiger partial charge >= 0.3 is 12.2 Å². The fourth-order valence-electron chi connectivity index (χ4n) is 8.32. The molecule has 0 saturated carbocycles. The van der Waals surface area contributed by atoms with Crippen molar-refractivity contribution in [2.45, 2.75) is 77.5 Å². The van der Waals surface area contributed by atoms with Crippen LogP contribution in [0, 0.1) is 11.8 Å². The molecule has 314 valence electrons. The number of aromatic amines is 2. The smallest absolute Gasteiger partial charge is 0.407 e. The van der Waals surface area contributed by atoms with Crippen molar-refractivity contribution < 1.29 is 28.7 Å². The van der Waals surface area contributed by atoms with Crippen molar-refractivity contribution in [2.24, 2.45) is 11.8 Å². The van der Waals surface area contributed by atoms with Gasteiger partial charge in [0.1, 0.15) is 23.7 Å². The third kappa shape index (κ3) is 8.09. The summed E-state index contributed by atoms with van der Waals surface area (Å²) >= 11 is 3.47. The van der Waals surface area contributed by atoms with Crippen molar-refractivity contribution in [3.05, 3.63) is 72.3 Å². The molecule has 0 aliphatic carbocycles. The Morgan fingerprint density at radius 1 is 0.633 bits per heavy atom. The maximum atomic E-state index is 13.7. The molecule has 4 amide bonds. The Balaban J connectivity index is 0.968. The van der Waals surface area contributed by atoms with Crippen LogP contribution in [0.1, 0.15) is 77.1 Å². The van der Waals surface area contributed by atoms with Crippen LogP contribution in [0.5, 0.6) is 0 Å². The van der Waals surface area contributed by atoms with Crippen LogP contribution in [0.25, 0.3) is 52.7 Å². The molecule has 4 N–H and O–H groups in total. The van der Waals surface area contributed by atoms with Crippen molar-refractivity contribution >= 4 is 68.7 Å². The largest absolute Gasteiger partial charge is 0.453 e. The lowest BCUT2D eigenvalue weighted by atomic mass is 10.0. The molecule has 2 unspecified atom stereocenters. The number of amides is 4. The number of ether oxygens (including phenoxy) is 2. The summed E-state index contributed by atoms with van der Waals surface area (Å²) < 4.78 is 9.56. The summed E-state index contributed by atoms with van der Waals surface area (Å²) in [4.78, 5) is 76.4. The number of methoxy groups -OCH3 is 2. The zero-order valence-electron chi connectivity index (χ0n) is 34.5. The molecule has 8 rings (SSSR count). The molecule has 4 aromatic heterocycles. The van der Waals surface area contributed by atoms with Crippen molar-refractivity contribution in [3.63, 3.8) is 0 Å². The van der Waals surface area contributed by atoms with Gasteiger partial charge in [0.15, 0.2) is 0 Å². The number of nitrogens with zero attached hydrogens (tertiary/aromatic N) is 4. The topological polar surface area (TPSA) is 175 Å². The Morgan fingerprint density at radius 3 is 1.42 bits per heavy atom. The normalized spacial score (nSPS) is 17.8. The summed E-state index contributed by atoms with van der Waals surface area (Å²) in [5.74, 6) is 1.02. The number of aromatic nitrogens is 4. The Kier molecular flexibility index (Phi) is 11.7. The van der Waals surface area contributed by atoms with Gasteiger partial charge in [0, 0.05) is 32.6 Å². The van der Waals surface area contributed by atoms with Crippen LogP contribution in [0.4, 0.5) is 9.59 Å². The molecular formula is C44H50N8O6S2. The van der Waals surface area contributed by atoms with E-state index in [1.165, 1.54) is 24.0 Å². The minimum absolute atomic E-state index is 0.106. The number of hydrogen-bond donors (Lipinski definition) is 4. The quantitative estimate of drug-likeness (QED) is 0.100. The first-order valence-corrected chi connectivity index (χ1v) is 22.1. The third-order valence-corrected chi connectivity index (χ3v) is 14.0. The van der Waals surface area contributed by atoms with Crippen molar-refractivity contribution in [1.29, 1.82) is 0 Å². The number of benzene rings is 2. The highest BCUT2D eigenvalue weighted by Crippen LogP contribution is 2.42. The van der Waals surface area contributed by atoms with E-state index >= 15 is 0 Å². The highest BCUT2D eigenvalue weighted by atomic mass is 32.1. The summed E-state index contributed by atoms with van der Waals surface area (Å²) in [6, 6.07) is 19.3. The van der Waals surface area contributed by atoms with Gasteiger partial charge in [0.25, 0.3) is 0 Å². The van der Waals surface area contributed by atoms with Gasteiger partial charge in [-0.1, -0.05) is 39.8 Å². The van der Waals surface area contributed by atoms with Crippen molar-refractivity contribution in [2.75, 3.05) is 27.3 Å². The standard InChI is InChI=1S/C44H50N8O6S2/c1-23(2)37(49-43(55)57-5)41(53)51-19-7-9-31(51)39-45-27-13-11-25(21-29(27)47-39)33-15-17-35(59-33)36-18-16-34(60-36)26-12-14-28-30(22-26)48-40(46-28)32-10-8-20-52(32)42(54)38(24(3)4)50-44(56)58-6/h11-18,21-24,31-32,37-38H,7-10,19-20H2,1-6H3,(H,45,47)(H,46,48)(H,49,55)(H,50,56)/t31?,32?,37-,38-/m0/s1. The van der Waals surface area contributed by atoms with Crippen LogP contribution in [0.2, 0.25) is 0 Å². The number of likely N-dealkylation sites (tertiary alicyclic amines) is 2. The summed E-state index contributed by atoms with van der Waals surface area (Å²) in [6.45, 7) is 8.83. The Hall–Kier alpha value is -5.74. The second-order valence-corrected chi connectivity index (χ2v) is 18.3. The minimum atomic E-state index is -0.689. The van der Waals surface area contributed by atoms with Crippen LogP contribution in [0.3, 0.4) is 0 Å². The minimum Gasteiger partial charge on any atom is -0.453 e. The SMILES string of the molecule is COC(=O)N[C@H](C(=O)N1CCCC1c1nc2ccc(-c3ccc(-c4ccc(-c5ccc6nc(C7CCCN7C(=O)[C@@H](NC(=O)OC)C(C)C)[nH]c6c5)s4)s3)cc2[nH]1)C(C)C. The lowest BCUT2D eigenvalue weighted by Crippen LogP contribution is -2.51. The molecule has 6 heterocycles. The van der Waals surface area contributed by atoms with E-state index in [-0.39, 0.29) is 35.7 Å². The predicted octanol–water partition coefficient (Wildman–Crippen LogP) is 8.65. The molecule has 0 bridgehead atoms. The van der Waals surface area contributed by atoms with Gasteiger partial charge in [-0.05, 0) is 97.2 Å². The van der Waals surface area contributed by atoms with E-state index in [1.807, 2.05) is 49.6 Å². The maximum Gasteiger partial charge on any atom is 0.407 e. The molecule has 6 aromatic rings. The molecule has 2 aliphatic rings. The van der Waals surface area contributed by atoms with Crippen molar-refractivity contribution in [3.8, 4) is 30.6 Å². The zero-order chi connectivity index (χ0) is 42.2. The fraction of sp³-hybridized carbons (Fsp3) is 0.409. The van der Waals surface area contributed by atoms with Crippen LogP contribution in [-0.4, -0.2) is 93.1 Å². The van der Waals surface area contributed by atoms with Crippen LogP contribution in [0.15, 0.2) is 60.7 Å². The van der Waals surface area contributed by atoms with E-state index in [0.29, 0.717) is 13.1 Å². The second kappa shape index (κ2) is 17.1. The van der Waals surface area contributed by atoms with Gasteiger partial charge in [-0.2, -0.15) is 0 Å². The number of fused-ring (bicyclic) bond motifs is 2. The van der Waals surface area contributed by atoms with Gasteiger partial charge in [-0.15, -0.1) is 22.7 Å². The molecular weight excluding hydrogens is 801 g/mol. The number of carbonyl (C=O) groups is 4. The molecule has 0 radical (unpaired) electrons. The summed E-state index contributed by atoms with van der Waals surface area (Å²) in [6.07, 6.45) is 2.03. The monoisotopic (exact) mass is 850 g/mol. The number of imidazole rings is 2. The van der Waals surface area contributed by atoms with E-state index in [0.717, 1.165) is 80.3 Å². The average Bonchev–Trinajstić information content (AvgIpc) is 4.10. The Bertz CT molecular complexity index is 2380. The van der Waals surface area contributed by atoms with Gasteiger partial charge in [0.2, 0.25) is 11.8 Å². The average molecular weight is 851 g/mol. The molecule has 2 aliphatic heterocycles. The summed E-state index contributed by atoms with van der Waals surface area (Å²) in [7, 11) is 2.59. The zero-order valence-corrected chi connectivity index (χ0v) is 36.2. The first-order chi connectivity index (χ1) is 28.9. The fourth-order valence-corrected chi connectivity index (χ4v) is 10.4. The van der Waals surface area contributed by atoms with E-state index in [9.17, 15) is 19.2 Å². The number of thiophene rings is 2. The molecule has 16 heteroatoms. The number of carbonyl (C=O) groups excluding carboxylic acids is 4. The highest BCUT2D eigenvalue weighted by molar-refractivity contribution is 7.25. The number of rotatable bonds is 11. The number of alkyl carbamates (subject to hydrolysis) is 2. The molecule has 4 atom stereocenters. The predicted molar refractivity (Wildman–Crippen MR) is 234 cm³/mol. The van der Waals surface area contributed by atoms with Gasteiger partial charge in [-0.3, -0.25) is 9.59 Å². The first kappa shape index (κ1) is 41.0.